The van der Waals surface area contributed by atoms with Crippen LogP contribution in [-0.4, -0.2) is 25.7 Å². The number of nitrogens with two attached hydrogens (primary N) is 1. The molecule has 0 aromatic heterocycles. The van der Waals surface area contributed by atoms with Crippen LogP contribution in [0.4, 0.5) is 5.69 Å². The van der Waals surface area contributed by atoms with Gasteiger partial charge in [0.15, 0.2) is 0 Å². The van der Waals surface area contributed by atoms with Crippen LogP contribution in [-0.2, 0) is 10.0 Å². The van der Waals surface area contributed by atoms with Gasteiger partial charge in [0.2, 0.25) is 10.0 Å². The normalized spacial score (nSPS) is 26.7. The summed E-state index contributed by atoms with van der Waals surface area (Å²) in [5.74, 6) is 0.541. The molecule has 21 heavy (non-hydrogen) atoms. The van der Waals surface area contributed by atoms with E-state index in [1.165, 1.54) is 12.1 Å². The first-order valence-corrected chi connectivity index (χ1v) is 8.85. The zero-order valence-electron chi connectivity index (χ0n) is 12.0. The van der Waals surface area contributed by atoms with E-state index >= 15 is 0 Å². The van der Waals surface area contributed by atoms with Gasteiger partial charge in [0.25, 0.3) is 0 Å². The smallest absolute Gasteiger partial charge is 0.244 e. The van der Waals surface area contributed by atoms with Gasteiger partial charge in [-0.25, -0.2) is 13.1 Å². The van der Waals surface area contributed by atoms with Crippen LogP contribution >= 0.6 is 11.6 Å². The molecule has 118 valence electrons. The van der Waals surface area contributed by atoms with Gasteiger partial charge in [0.05, 0.1) is 22.9 Å². The third-order valence-electron chi connectivity index (χ3n) is 4.15. The first-order valence-electron chi connectivity index (χ1n) is 6.98. The van der Waals surface area contributed by atoms with Crippen LogP contribution in [0.15, 0.2) is 23.1 Å². The summed E-state index contributed by atoms with van der Waals surface area (Å²) in [5.41, 5.74) is 5.03. The maximum atomic E-state index is 12.6. The number of benzene rings is 1. The minimum absolute atomic E-state index is 0.0831. The second-order valence-electron chi connectivity index (χ2n) is 5.88. The Bertz CT molecular complexity index is 590. The van der Waals surface area contributed by atoms with Gasteiger partial charge in [0, 0.05) is 0 Å². The largest absolute Gasteiger partial charge is 0.398 e. The fourth-order valence-electron chi connectivity index (χ4n) is 2.75. The van der Waals surface area contributed by atoms with Gasteiger partial charge in [-0.1, -0.05) is 24.6 Å². The van der Waals surface area contributed by atoms with E-state index in [0.29, 0.717) is 18.8 Å². The number of nitrogen functional groups attached to an aromatic ring is 1. The average molecular weight is 333 g/mol. The van der Waals surface area contributed by atoms with Crippen LogP contribution in [0.2, 0.25) is 5.02 Å². The monoisotopic (exact) mass is 332 g/mol. The molecule has 4 N–H and O–H groups in total. The molecule has 0 aliphatic heterocycles. The standard InChI is InChI=1S/C14H21ClN2O3S/c1-10-5-7-14(9-18,8-6-10)17-21(19,20)13-11(15)3-2-4-12(13)16/h2-4,10,17-18H,5-9,16H2,1H3. The Hall–Kier alpha value is -0.820. The van der Waals surface area contributed by atoms with Gasteiger partial charge < -0.3 is 10.8 Å². The molecule has 7 heteroatoms. The molecule has 2 rings (SSSR count). The number of aliphatic hydroxyl groups excluding tert-OH is 1. The van der Waals surface area contributed by atoms with Crippen molar-refractivity contribution in [2.45, 2.75) is 43.0 Å². The van der Waals surface area contributed by atoms with Crippen molar-refractivity contribution < 1.29 is 13.5 Å². The van der Waals surface area contributed by atoms with Crippen LogP contribution in [0.25, 0.3) is 0 Å². The summed E-state index contributed by atoms with van der Waals surface area (Å²) in [5, 5.41) is 9.77. The maximum Gasteiger partial charge on any atom is 0.244 e. The fourth-order valence-corrected chi connectivity index (χ4v) is 4.88. The van der Waals surface area contributed by atoms with Crippen molar-refractivity contribution in [2.24, 2.45) is 5.92 Å². The van der Waals surface area contributed by atoms with E-state index in [-0.39, 0.29) is 22.2 Å². The van der Waals surface area contributed by atoms with Gasteiger partial charge in [0.1, 0.15) is 4.90 Å². The van der Waals surface area contributed by atoms with Gasteiger partial charge in [-0.3, -0.25) is 0 Å². The zero-order chi connectivity index (χ0) is 15.7. The molecule has 1 aliphatic rings. The molecule has 1 aliphatic carbocycles. The topological polar surface area (TPSA) is 92.4 Å². The molecule has 0 atom stereocenters. The van der Waals surface area contributed by atoms with E-state index in [0.717, 1.165) is 12.8 Å². The molecule has 5 nitrogen and oxygen atoms in total. The number of aliphatic hydroxyl groups is 1. The van der Waals surface area contributed by atoms with Crippen molar-refractivity contribution in [2.75, 3.05) is 12.3 Å². The second-order valence-corrected chi connectivity index (χ2v) is 7.91. The summed E-state index contributed by atoms with van der Waals surface area (Å²) in [6, 6.07) is 4.58. The lowest BCUT2D eigenvalue weighted by atomic mass is 9.78. The van der Waals surface area contributed by atoms with Crippen molar-refractivity contribution in [3.63, 3.8) is 0 Å². The van der Waals surface area contributed by atoms with Crippen molar-refractivity contribution in [1.29, 1.82) is 0 Å². The van der Waals surface area contributed by atoms with E-state index in [9.17, 15) is 13.5 Å². The lowest BCUT2D eigenvalue weighted by Crippen LogP contribution is -2.53. The molecule has 0 spiro atoms. The lowest BCUT2D eigenvalue weighted by molar-refractivity contribution is 0.125. The molecule has 0 heterocycles. The number of hydrogen-bond donors (Lipinski definition) is 3. The molecule has 1 fully saturated rings. The number of rotatable bonds is 4. The molecule has 1 saturated carbocycles. The molecule has 0 unspecified atom stereocenters. The molecular formula is C14H21ClN2O3S. The third-order valence-corrected chi connectivity index (χ3v) is 6.27. The SMILES string of the molecule is CC1CCC(CO)(NS(=O)(=O)c2c(N)cccc2Cl)CC1. The molecule has 0 saturated heterocycles. The molecule has 0 bridgehead atoms. The number of anilines is 1. The first kappa shape index (κ1) is 16.5. The molecular weight excluding hydrogens is 312 g/mol. The Morgan fingerprint density at radius 1 is 1.43 bits per heavy atom. The Morgan fingerprint density at radius 2 is 2.05 bits per heavy atom. The fraction of sp³-hybridized carbons (Fsp3) is 0.571. The highest BCUT2D eigenvalue weighted by Crippen LogP contribution is 2.34. The average Bonchev–Trinajstić information content (AvgIpc) is 2.41. The Kier molecular flexibility index (Phi) is 4.82. The van der Waals surface area contributed by atoms with E-state index in [4.69, 9.17) is 17.3 Å². The molecule has 0 radical (unpaired) electrons. The van der Waals surface area contributed by atoms with Gasteiger partial charge >= 0.3 is 0 Å². The van der Waals surface area contributed by atoms with Crippen LogP contribution in [0, 0.1) is 5.92 Å². The quantitative estimate of drug-likeness (QED) is 0.736. The minimum atomic E-state index is -3.88. The Morgan fingerprint density at radius 3 is 2.57 bits per heavy atom. The van der Waals surface area contributed by atoms with E-state index in [1.807, 2.05) is 0 Å². The summed E-state index contributed by atoms with van der Waals surface area (Å²) in [4.78, 5) is -0.113. The predicted molar refractivity (Wildman–Crippen MR) is 83.6 cm³/mol. The zero-order valence-corrected chi connectivity index (χ0v) is 13.5. The number of nitrogens with one attached hydrogen (secondary N) is 1. The van der Waals surface area contributed by atoms with Gasteiger partial charge in [-0.05, 0) is 43.7 Å². The van der Waals surface area contributed by atoms with Gasteiger partial charge in [-0.15, -0.1) is 0 Å². The number of sulfonamides is 1. The molecule has 0 amide bonds. The van der Waals surface area contributed by atoms with Crippen LogP contribution in [0.1, 0.15) is 32.6 Å². The summed E-state index contributed by atoms with van der Waals surface area (Å²) in [6.07, 6.45) is 2.96. The molecule has 1 aromatic carbocycles. The van der Waals surface area contributed by atoms with Crippen LogP contribution < -0.4 is 10.5 Å². The van der Waals surface area contributed by atoms with Crippen molar-refractivity contribution >= 4 is 27.3 Å². The summed E-state index contributed by atoms with van der Waals surface area (Å²) < 4.78 is 27.8. The summed E-state index contributed by atoms with van der Waals surface area (Å²) >= 11 is 5.98. The van der Waals surface area contributed by atoms with E-state index < -0.39 is 15.6 Å². The number of halogens is 1. The Balaban J connectivity index is 2.32. The van der Waals surface area contributed by atoms with Crippen LogP contribution in [0.5, 0.6) is 0 Å². The number of hydrogen-bond acceptors (Lipinski definition) is 4. The van der Waals surface area contributed by atoms with Crippen molar-refractivity contribution in [1.82, 2.24) is 4.72 Å². The van der Waals surface area contributed by atoms with Gasteiger partial charge in [-0.2, -0.15) is 0 Å². The Labute approximate surface area is 130 Å². The molecule has 1 aromatic rings. The highest BCUT2D eigenvalue weighted by atomic mass is 35.5. The second kappa shape index (κ2) is 6.12. The highest BCUT2D eigenvalue weighted by molar-refractivity contribution is 7.89. The van der Waals surface area contributed by atoms with Crippen molar-refractivity contribution in [3.05, 3.63) is 23.2 Å². The first-order chi connectivity index (χ1) is 9.80. The van der Waals surface area contributed by atoms with E-state index in [1.54, 1.807) is 6.07 Å². The highest BCUT2D eigenvalue weighted by Gasteiger charge is 2.38. The van der Waals surface area contributed by atoms with Crippen LogP contribution in [0.3, 0.4) is 0 Å². The third kappa shape index (κ3) is 3.51. The predicted octanol–water partition coefficient (Wildman–Crippen LogP) is 2.14. The maximum absolute atomic E-state index is 12.6. The summed E-state index contributed by atoms with van der Waals surface area (Å²) in [6.45, 7) is 1.89. The van der Waals surface area contributed by atoms with E-state index in [2.05, 4.69) is 11.6 Å². The minimum Gasteiger partial charge on any atom is -0.398 e. The summed E-state index contributed by atoms with van der Waals surface area (Å²) in [7, 11) is -3.88. The lowest BCUT2D eigenvalue weighted by Gasteiger charge is -2.38. The van der Waals surface area contributed by atoms with Crippen molar-refractivity contribution in [3.8, 4) is 0 Å².